The summed E-state index contributed by atoms with van der Waals surface area (Å²) < 4.78 is 0. The van der Waals surface area contributed by atoms with Crippen LogP contribution in [0.15, 0.2) is 24.3 Å². The maximum atomic E-state index is 9.37. The Morgan fingerprint density at radius 2 is 1.69 bits per heavy atom. The van der Waals surface area contributed by atoms with Gasteiger partial charge < -0.3 is 5.11 Å². The molecule has 0 aromatic heterocycles. The van der Waals surface area contributed by atoms with Crippen LogP contribution in [0, 0.1) is 6.07 Å². The molecule has 1 nitrogen and oxygen atoms in total. The first kappa shape index (κ1) is 8.76. The Hall–Kier alpha value is -0.820. The van der Waals surface area contributed by atoms with Crippen LogP contribution in [0.2, 0.25) is 0 Å². The van der Waals surface area contributed by atoms with Gasteiger partial charge in [0.05, 0.1) is 6.10 Å². The van der Waals surface area contributed by atoms with Crippen molar-refractivity contribution in [2.24, 2.45) is 0 Å². The highest BCUT2D eigenvalue weighted by Crippen LogP contribution is 2.32. The zero-order valence-corrected chi connectivity index (χ0v) is 7.74. The number of aliphatic hydroxyl groups excluding tert-OH is 1. The van der Waals surface area contributed by atoms with Gasteiger partial charge >= 0.3 is 0 Å². The Kier molecular flexibility index (Phi) is 2.65. The predicted octanol–water partition coefficient (Wildman–Crippen LogP) is 2.51. The van der Waals surface area contributed by atoms with Crippen molar-refractivity contribution in [1.29, 1.82) is 0 Å². The molecule has 1 heteroatoms. The molecule has 0 bridgehead atoms. The van der Waals surface area contributed by atoms with Gasteiger partial charge in [0.2, 0.25) is 0 Å². The minimum atomic E-state index is -0.0495. The zero-order chi connectivity index (χ0) is 9.10. The second-order valence-corrected chi connectivity index (χ2v) is 3.84. The van der Waals surface area contributed by atoms with E-state index in [1.165, 1.54) is 5.56 Å². The van der Waals surface area contributed by atoms with Gasteiger partial charge in [0.1, 0.15) is 0 Å². The average Bonchev–Trinajstić information content (AvgIpc) is 2.20. The van der Waals surface area contributed by atoms with Crippen molar-refractivity contribution in [3.8, 4) is 0 Å². The molecular formula is C12H15O. The molecule has 1 aliphatic carbocycles. The van der Waals surface area contributed by atoms with Gasteiger partial charge in [0, 0.05) is 0 Å². The third-order valence-corrected chi connectivity index (χ3v) is 2.91. The number of hydrogen-bond donors (Lipinski definition) is 1. The zero-order valence-electron chi connectivity index (χ0n) is 7.74. The van der Waals surface area contributed by atoms with Gasteiger partial charge in [-0.3, -0.25) is 0 Å². The minimum Gasteiger partial charge on any atom is -0.393 e. The van der Waals surface area contributed by atoms with Crippen LogP contribution in [-0.2, 0) is 0 Å². The average molecular weight is 175 g/mol. The molecule has 1 N–H and O–H groups in total. The Morgan fingerprint density at radius 3 is 2.31 bits per heavy atom. The van der Waals surface area contributed by atoms with Crippen molar-refractivity contribution in [1.82, 2.24) is 0 Å². The Morgan fingerprint density at radius 1 is 1.08 bits per heavy atom. The Labute approximate surface area is 79.4 Å². The smallest absolute Gasteiger partial charge is 0.0540 e. The molecule has 1 aliphatic rings. The molecule has 0 heterocycles. The van der Waals surface area contributed by atoms with Crippen LogP contribution in [0.1, 0.15) is 37.2 Å². The summed E-state index contributed by atoms with van der Waals surface area (Å²) in [5.74, 6) is 0.665. The number of benzene rings is 1. The quantitative estimate of drug-likeness (QED) is 0.695. The van der Waals surface area contributed by atoms with Gasteiger partial charge in [-0.15, -0.1) is 0 Å². The second kappa shape index (κ2) is 3.93. The SMILES string of the molecule is OC1CCC(c2cc[c]cc2)CC1. The molecule has 1 aromatic rings. The predicted molar refractivity (Wildman–Crippen MR) is 52.5 cm³/mol. The molecule has 0 saturated heterocycles. The van der Waals surface area contributed by atoms with E-state index in [1.807, 2.05) is 12.1 Å². The van der Waals surface area contributed by atoms with E-state index in [1.54, 1.807) is 0 Å². The van der Waals surface area contributed by atoms with Crippen molar-refractivity contribution in [2.45, 2.75) is 37.7 Å². The van der Waals surface area contributed by atoms with Crippen LogP contribution in [0.5, 0.6) is 0 Å². The molecule has 2 rings (SSSR count). The van der Waals surface area contributed by atoms with E-state index in [4.69, 9.17) is 0 Å². The van der Waals surface area contributed by atoms with Crippen molar-refractivity contribution in [2.75, 3.05) is 0 Å². The fourth-order valence-corrected chi connectivity index (χ4v) is 2.08. The minimum absolute atomic E-state index is 0.0495. The molecule has 69 valence electrons. The van der Waals surface area contributed by atoms with E-state index in [-0.39, 0.29) is 6.10 Å². The van der Waals surface area contributed by atoms with E-state index >= 15 is 0 Å². The van der Waals surface area contributed by atoms with Crippen LogP contribution in [0.4, 0.5) is 0 Å². The lowest BCUT2D eigenvalue weighted by Crippen LogP contribution is -2.16. The highest BCUT2D eigenvalue weighted by atomic mass is 16.3. The number of rotatable bonds is 1. The lowest BCUT2D eigenvalue weighted by atomic mass is 9.83. The molecule has 0 spiro atoms. The van der Waals surface area contributed by atoms with Gasteiger partial charge in [0.15, 0.2) is 0 Å². The molecule has 0 amide bonds. The first-order valence-corrected chi connectivity index (χ1v) is 5.00. The lowest BCUT2D eigenvalue weighted by molar-refractivity contribution is 0.122. The van der Waals surface area contributed by atoms with Crippen molar-refractivity contribution in [3.63, 3.8) is 0 Å². The number of aliphatic hydroxyl groups is 1. The van der Waals surface area contributed by atoms with Gasteiger partial charge in [-0.1, -0.05) is 24.3 Å². The molecule has 0 atom stereocenters. The normalized spacial score (nSPS) is 28.7. The van der Waals surface area contributed by atoms with E-state index < -0.39 is 0 Å². The largest absolute Gasteiger partial charge is 0.393 e. The third-order valence-electron chi connectivity index (χ3n) is 2.91. The van der Waals surface area contributed by atoms with Crippen LogP contribution in [0.3, 0.4) is 0 Å². The van der Waals surface area contributed by atoms with Gasteiger partial charge in [-0.25, -0.2) is 0 Å². The summed E-state index contributed by atoms with van der Waals surface area (Å²) in [6.07, 6.45) is 4.13. The van der Waals surface area contributed by atoms with Crippen LogP contribution < -0.4 is 0 Å². The molecule has 1 radical (unpaired) electrons. The van der Waals surface area contributed by atoms with E-state index in [2.05, 4.69) is 18.2 Å². The summed E-state index contributed by atoms with van der Waals surface area (Å²) in [6.45, 7) is 0. The summed E-state index contributed by atoms with van der Waals surface area (Å²) in [6, 6.07) is 11.3. The van der Waals surface area contributed by atoms with E-state index in [9.17, 15) is 5.11 Å². The molecule has 1 aromatic carbocycles. The standard InChI is InChI=1S/C12H15O/c13-12-8-6-11(7-9-12)10-4-2-1-3-5-10/h2-5,11-13H,6-9H2. The van der Waals surface area contributed by atoms with Crippen LogP contribution in [0.25, 0.3) is 0 Å². The van der Waals surface area contributed by atoms with Crippen LogP contribution in [-0.4, -0.2) is 11.2 Å². The summed E-state index contributed by atoms with van der Waals surface area (Å²) >= 11 is 0. The fourth-order valence-electron chi connectivity index (χ4n) is 2.08. The monoisotopic (exact) mass is 175 g/mol. The van der Waals surface area contributed by atoms with Crippen LogP contribution >= 0.6 is 0 Å². The Balaban J connectivity index is 2.03. The molecule has 0 unspecified atom stereocenters. The summed E-state index contributed by atoms with van der Waals surface area (Å²) in [5, 5.41) is 9.37. The highest BCUT2D eigenvalue weighted by Gasteiger charge is 2.19. The van der Waals surface area contributed by atoms with Gasteiger partial charge in [0.25, 0.3) is 0 Å². The highest BCUT2D eigenvalue weighted by molar-refractivity contribution is 5.19. The number of hydrogen-bond acceptors (Lipinski definition) is 1. The van der Waals surface area contributed by atoms with E-state index in [0.717, 1.165) is 25.7 Å². The topological polar surface area (TPSA) is 20.2 Å². The molecule has 1 fully saturated rings. The maximum absolute atomic E-state index is 9.37. The molecule has 0 aliphatic heterocycles. The fraction of sp³-hybridized carbons (Fsp3) is 0.500. The first-order valence-electron chi connectivity index (χ1n) is 5.00. The summed E-state index contributed by atoms with van der Waals surface area (Å²) in [7, 11) is 0. The third kappa shape index (κ3) is 2.10. The van der Waals surface area contributed by atoms with Crippen molar-refractivity contribution < 1.29 is 5.11 Å². The van der Waals surface area contributed by atoms with Gasteiger partial charge in [-0.05, 0) is 43.2 Å². The first-order chi connectivity index (χ1) is 6.36. The Bertz CT molecular complexity index is 247. The molecule has 13 heavy (non-hydrogen) atoms. The summed E-state index contributed by atoms with van der Waals surface area (Å²) in [5.41, 5.74) is 1.41. The molecular weight excluding hydrogens is 160 g/mol. The second-order valence-electron chi connectivity index (χ2n) is 3.84. The molecule has 1 saturated carbocycles. The maximum Gasteiger partial charge on any atom is 0.0540 e. The summed E-state index contributed by atoms with van der Waals surface area (Å²) in [4.78, 5) is 0. The van der Waals surface area contributed by atoms with Gasteiger partial charge in [-0.2, -0.15) is 0 Å². The lowest BCUT2D eigenvalue weighted by Gasteiger charge is -2.25. The van der Waals surface area contributed by atoms with Crippen molar-refractivity contribution >= 4 is 0 Å². The van der Waals surface area contributed by atoms with Crippen molar-refractivity contribution in [3.05, 3.63) is 35.9 Å². The van der Waals surface area contributed by atoms with E-state index in [0.29, 0.717) is 5.92 Å².